The molecule has 1 heterocycles. The van der Waals surface area contributed by atoms with Crippen LogP contribution >= 0.6 is 0 Å². The van der Waals surface area contributed by atoms with Gasteiger partial charge >= 0.3 is 0 Å². The zero-order valence-electron chi connectivity index (χ0n) is 4.95. The first-order valence-corrected chi connectivity index (χ1v) is 2.67. The Bertz CT molecular complexity index is 132. The number of carbonyl (C=O) groups excluding carboxylic acids is 1. The monoisotopic (exact) mass is 135 g/mol. The van der Waals surface area contributed by atoms with E-state index in [9.17, 15) is 13.6 Å². The van der Waals surface area contributed by atoms with Crippen molar-refractivity contribution in [2.75, 3.05) is 0 Å². The molecule has 1 fully saturated rings. The Morgan fingerprint density at radius 3 is 2.33 bits per heavy atom. The molecule has 0 spiro atoms. The number of rotatable bonds is 1. The Kier molecular flexibility index (Phi) is 1.18. The van der Waals surface area contributed by atoms with Crippen molar-refractivity contribution in [3.05, 3.63) is 0 Å². The number of hydrogen-bond donors (Lipinski definition) is 1. The summed E-state index contributed by atoms with van der Waals surface area (Å²) in [4.78, 5) is 10.1. The van der Waals surface area contributed by atoms with Gasteiger partial charge in [0.15, 0.2) is 0 Å². The van der Waals surface area contributed by atoms with Gasteiger partial charge in [-0.25, -0.2) is 8.78 Å². The Morgan fingerprint density at radius 2 is 2.22 bits per heavy atom. The van der Waals surface area contributed by atoms with Crippen molar-refractivity contribution in [3.63, 3.8) is 0 Å². The predicted molar refractivity (Wildman–Crippen MR) is 27.2 cm³/mol. The summed E-state index contributed by atoms with van der Waals surface area (Å²) < 4.78 is 24.3. The van der Waals surface area contributed by atoms with Crippen molar-refractivity contribution < 1.29 is 13.6 Å². The third-order valence-corrected chi connectivity index (χ3v) is 1.34. The van der Waals surface area contributed by atoms with Gasteiger partial charge in [-0.2, -0.15) is 0 Å². The second-order valence-corrected chi connectivity index (χ2v) is 2.28. The van der Waals surface area contributed by atoms with Gasteiger partial charge in [0, 0.05) is 6.92 Å². The van der Waals surface area contributed by atoms with E-state index in [-0.39, 0.29) is 12.3 Å². The van der Waals surface area contributed by atoms with E-state index >= 15 is 0 Å². The van der Waals surface area contributed by atoms with Crippen LogP contribution < -0.4 is 5.32 Å². The Hall–Kier alpha value is -0.670. The number of alkyl halides is 2. The number of carbonyl (C=O) groups is 1. The van der Waals surface area contributed by atoms with Crippen LogP contribution in [0, 0.1) is 0 Å². The normalized spacial score (nSPS) is 27.0. The molecule has 1 rings (SSSR count). The lowest BCUT2D eigenvalue weighted by molar-refractivity contribution is -0.138. The quantitative estimate of drug-likeness (QED) is 0.522. The zero-order chi connectivity index (χ0) is 7.07. The van der Waals surface area contributed by atoms with Crippen LogP contribution in [0.15, 0.2) is 0 Å². The molecule has 0 aromatic heterocycles. The van der Waals surface area contributed by atoms with Crippen LogP contribution in [-0.4, -0.2) is 17.9 Å². The lowest BCUT2D eigenvalue weighted by Gasteiger charge is -2.31. The van der Waals surface area contributed by atoms with E-state index in [1.807, 2.05) is 0 Å². The molecule has 0 aromatic carbocycles. The number of nitrogens with one attached hydrogen (secondary N) is 1. The molecule has 1 aliphatic heterocycles. The van der Waals surface area contributed by atoms with E-state index < -0.39 is 12.0 Å². The molecule has 9 heavy (non-hydrogen) atoms. The fourth-order valence-corrected chi connectivity index (χ4v) is 0.665. The third-order valence-electron chi connectivity index (χ3n) is 1.34. The average molecular weight is 135 g/mol. The van der Waals surface area contributed by atoms with Gasteiger partial charge in [0.1, 0.15) is 6.04 Å². The van der Waals surface area contributed by atoms with Crippen LogP contribution in [0.3, 0.4) is 0 Å². The first-order valence-electron chi connectivity index (χ1n) is 2.67. The van der Waals surface area contributed by atoms with E-state index in [1.165, 1.54) is 0 Å². The molecule has 1 aliphatic rings. The highest BCUT2D eigenvalue weighted by atomic mass is 19.3. The standard InChI is InChI=1S/C5H7F2NO/c1-5(6,7)3-2-4(9)8-3/h3H,2H2,1H3,(H,8,9). The summed E-state index contributed by atoms with van der Waals surface area (Å²) in [5, 5.41) is 2.09. The molecule has 1 atom stereocenters. The molecule has 4 heteroatoms. The van der Waals surface area contributed by atoms with E-state index in [2.05, 4.69) is 5.32 Å². The smallest absolute Gasteiger partial charge is 0.265 e. The van der Waals surface area contributed by atoms with Gasteiger partial charge in [-0.15, -0.1) is 0 Å². The molecule has 1 amide bonds. The van der Waals surface area contributed by atoms with Crippen molar-refractivity contribution in [2.24, 2.45) is 0 Å². The molecular weight excluding hydrogens is 128 g/mol. The van der Waals surface area contributed by atoms with Crippen molar-refractivity contribution in [3.8, 4) is 0 Å². The fourth-order valence-electron chi connectivity index (χ4n) is 0.665. The molecule has 2 nitrogen and oxygen atoms in total. The molecule has 0 aliphatic carbocycles. The highest BCUT2D eigenvalue weighted by Gasteiger charge is 2.42. The van der Waals surface area contributed by atoms with Gasteiger partial charge in [0.2, 0.25) is 5.91 Å². The summed E-state index contributed by atoms with van der Waals surface area (Å²) in [7, 11) is 0. The summed E-state index contributed by atoms with van der Waals surface area (Å²) in [5.74, 6) is -3.05. The summed E-state index contributed by atoms with van der Waals surface area (Å²) in [6.07, 6.45) is -0.0382. The predicted octanol–water partition coefficient (Wildman–Crippen LogP) is 0.530. The molecule has 0 radical (unpaired) electrons. The van der Waals surface area contributed by atoms with E-state index in [0.717, 1.165) is 6.92 Å². The average Bonchev–Trinajstić information content (AvgIpc) is 1.55. The summed E-state index contributed by atoms with van der Waals surface area (Å²) in [6.45, 7) is 0.803. The molecule has 1 N–H and O–H groups in total. The first kappa shape index (κ1) is 6.45. The fraction of sp³-hybridized carbons (Fsp3) is 0.800. The lowest BCUT2D eigenvalue weighted by atomic mass is 10.0. The van der Waals surface area contributed by atoms with Gasteiger partial charge in [-0.1, -0.05) is 0 Å². The van der Waals surface area contributed by atoms with Gasteiger partial charge < -0.3 is 5.32 Å². The minimum Gasteiger partial charge on any atom is -0.347 e. The van der Waals surface area contributed by atoms with Gasteiger partial charge in [-0.05, 0) is 0 Å². The Balaban J connectivity index is 2.40. The molecule has 1 saturated heterocycles. The maximum absolute atomic E-state index is 12.1. The molecule has 1 unspecified atom stereocenters. The number of halogens is 2. The molecule has 0 saturated carbocycles. The van der Waals surface area contributed by atoms with Crippen molar-refractivity contribution in [1.82, 2.24) is 5.32 Å². The van der Waals surface area contributed by atoms with Gasteiger partial charge in [0.25, 0.3) is 5.92 Å². The van der Waals surface area contributed by atoms with Crippen LogP contribution in [0.2, 0.25) is 0 Å². The van der Waals surface area contributed by atoms with E-state index in [0.29, 0.717) is 0 Å². The topological polar surface area (TPSA) is 29.1 Å². The van der Waals surface area contributed by atoms with Crippen molar-refractivity contribution in [2.45, 2.75) is 25.3 Å². The zero-order valence-corrected chi connectivity index (χ0v) is 4.95. The van der Waals surface area contributed by atoms with Gasteiger partial charge in [0.05, 0.1) is 6.42 Å². The van der Waals surface area contributed by atoms with Crippen LogP contribution in [0.4, 0.5) is 8.78 Å². The first-order chi connectivity index (χ1) is 4.00. The molecule has 0 aromatic rings. The highest BCUT2D eigenvalue weighted by Crippen LogP contribution is 2.24. The van der Waals surface area contributed by atoms with Crippen LogP contribution in [0.1, 0.15) is 13.3 Å². The lowest BCUT2D eigenvalue weighted by Crippen LogP contribution is -2.57. The van der Waals surface area contributed by atoms with Crippen LogP contribution in [0.25, 0.3) is 0 Å². The third kappa shape index (κ3) is 1.17. The van der Waals surface area contributed by atoms with Crippen LogP contribution in [-0.2, 0) is 4.79 Å². The Labute approximate surface area is 51.2 Å². The van der Waals surface area contributed by atoms with Gasteiger partial charge in [-0.3, -0.25) is 4.79 Å². The second-order valence-electron chi connectivity index (χ2n) is 2.28. The highest BCUT2D eigenvalue weighted by molar-refractivity contribution is 5.83. The largest absolute Gasteiger partial charge is 0.347 e. The minimum absolute atomic E-state index is 0.0382. The second kappa shape index (κ2) is 1.65. The molecule has 0 bridgehead atoms. The van der Waals surface area contributed by atoms with Crippen molar-refractivity contribution in [1.29, 1.82) is 0 Å². The maximum Gasteiger partial charge on any atom is 0.265 e. The summed E-state index contributed by atoms with van der Waals surface area (Å²) in [6, 6.07) is -0.926. The van der Waals surface area contributed by atoms with E-state index in [1.54, 1.807) is 0 Å². The minimum atomic E-state index is -2.76. The van der Waals surface area contributed by atoms with Crippen LogP contribution in [0.5, 0.6) is 0 Å². The summed E-state index contributed by atoms with van der Waals surface area (Å²) in [5.41, 5.74) is 0. The number of hydrogen-bond acceptors (Lipinski definition) is 1. The SMILES string of the molecule is CC(F)(F)C1CC(=O)N1. The number of β-lactam (4-membered cyclic amide) rings is 1. The Morgan fingerprint density at radius 1 is 1.78 bits per heavy atom. The maximum atomic E-state index is 12.1. The summed E-state index contributed by atoms with van der Waals surface area (Å²) >= 11 is 0. The van der Waals surface area contributed by atoms with E-state index in [4.69, 9.17) is 0 Å². The van der Waals surface area contributed by atoms with Crippen molar-refractivity contribution >= 4 is 5.91 Å². The molecule has 52 valence electrons. The molecular formula is C5H7F2NO. The number of amides is 1.